The van der Waals surface area contributed by atoms with Gasteiger partial charge in [0, 0.05) is 18.3 Å². The van der Waals surface area contributed by atoms with Crippen LogP contribution >= 0.6 is 0 Å². The number of esters is 4. The first-order chi connectivity index (χ1) is 18.3. The monoisotopic (exact) mass is 524 g/mol. The number of carbonyl (C=O) groups is 5. The van der Waals surface area contributed by atoms with Crippen LogP contribution in [0.5, 0.6) is 0 Å². The van der Waals surface area contributed by atoms with E-state index in [1.54, 1.807) is 0 Å². The van der Waals surface area contributed by atoms with E-state index in [1.807, 2.05) is 25.1 Å². The van der Waals surface area contributed by atoms with E-state index in [4.69, 9.17) is 9.47 Å². The molecule has 4 rings (SSSR count). The second-order valence-corrected chi connectivity index (χ2v) is 11.3. The second-order valence-electron chi connectivity index (χ2n) is 11.3. The normalized spacial score (nSPS) is 26.2. The molecule has 7 heteroatoms. The van der Waals surface area contributed by atoms with Crippen LogP contribution in [0.15, 0.2) is 18.2 Å². The SMILES string of the molecule is CCCCCCCCCCCCCC(=O)C1C2C(=O)OC(=O)C2c2cc(C)ccc2C1C1CC(=O)OC1=O. The number of benzene rings is 1. The Hall–Kier alpha value is -2.83. The molecule has 0 amide bonds. The number of carbonyl (C=O) groups excluding carboxylic acids is 5. The minimum Gasteiger partial charge on any atom is -0.393 e. The highest BCUT2D eigenvalue weighted by molar-refractivity contribution is 6.04. The van der Waals surface area contributed by atoms with Gasteiger partial charge in [-0.2, -0.15) is 0 Å². The standard InChI is InChI=1S/C31H40O7/c1-3-4-5-6-7-8-9-10-11-12-13-14-23(32)27-25(22-18-24(33)37-29(22)34)20-16-15-19(2)17-21(20)26-28(27)31(36)38-30(26)35/h15-17,22,25-28H,3-14,18H2,1-2H3. The van der Waals surface area contributed by atoms with Gasteiger partial charge in [-0.1, -0.05) is 94.9 Å². The average Bonchev–Trinajstić information content (AvgIpc) is 3.37. The fraction of sp³-hybridized carbons (Fsp3) is 0.645. The molecule has 0 radical (unpaired) electrons. The number of unbranched alkanes of at least 4 members (excludes halogenated alkanes) is 10. The largest absolute Gasteiger partial charge is 0.393 e. The van der Waals surface area contributed by atoms with Crippen molar-refractivity contribution in [3.8, 4) is 0 Å². The summed E-state index contributed by atoms with van der Waals surface area (Å²) in [6.45, 7) is 4.10. The zero-order valence-corrected chi connectivity index (χ0v) is 22.7. The van der Waals surface area contributed by atoms with Crippen LogP contribution in [0, 0.1) is 24.7 Å². The first kappa shape index (κ1) is 28.2. The molecule has 1 aromatic carbocycles. The number of fused-ring (bicyclic) bond motifs is 3. The molecule has 2 aliphatic heterocycles. The molecule has 0 spiro atoms. The lowest BCUT2D eigenvalue weighted by Gasteiger charge is -2.39. The molecule has 1 aliphatic carbocycles. The number of Topliss-reactive ketones (excluding diaryl/α,β-unsaturated/α-hetero) is 1. The number of rotatable bonds is 14. The summed E-state index contributed by atoms with van der Waals surface area (Å²) in [7, 11) is 0. The summed E-state index contributed by atoms with van der Waals surface area (Å²) in [5.41, 5.74) is 2.17. The van der Waals surface area contributed by atoms with E-state index in [0.717, 1.165) is 24.8 Å². The van der Waals surface area contributed by atoms with E-state index in [1.165, 1.54) is 44.9 Å². The highest BCUT2D eigenvalue weighted by Crippen LogP contribution is 2.55. The van der Waals surface area contributed by atoms with Crippen LogP contribution in [0.25, 0.3) is 0 Å². The summed E-state index contributed by atoms with van der Waals surface area (Å²) in [5, 5.41) is 0. The van der Waals surface area contributed by atoms with Crippen molar-refractivity contribution in [2.75, 3.05) is 0 Å². The number of cyclic esters (lactones) is 4. The van der Waals surface area contributed by atoms with Crippen molar-refractivity contribution in [1.29, 1.82) is 0 Å². The number of hydrogen-bond donors (Lipinski definition) is 0. The Bertz CT molecular complexity index is 1070. The molecule has 2 heterocycles. The topological polar surface area (TPSA) is 104 Å². The van der Waals surface area contributed by atoms with Crippen molar-refractivity contribution in [2.45, 2.75) is 109 Å². The van der Waals surface area contributed by atoms with Gasteiger partial charge in [0.15, 0.2) is 0 Å². The zero-order valence-electron chi connectivity index (χ0n) is 22.7. The Balaban J connectivity index is 1.44. The van der Waals surface area contributed by atoms with Crippen molar-refractivity contribution in [2.24, 2.45) is 17.8 Å². The summed E-state index contributed by atoms with van der Waals surface area (Å²) in [6, 6.07) is 5.51. The van der Waals surface area contributed by atoms with Gasteiger partial charge in [-0.25, -0.2) is 0 Å². The van der Waals surface area contributed by atoms with Crippen LogP contribution in [0.3, 0.4) is 0 Å². The molecule has 7 nitrogen and oxygen atoms in total. The summed E-state index contributed by atoms with van der Waals surface area (Å²) in [5.74, 6) is -7.13. The smallest absolute Gasteiger partial charge is 0.321 e. The molecule has 0 aromatic heterocycles. The molecular weight excluding hydrogens is 484 g/mol. The number of hydrogen-bond acceptors (Lipinski definition) is 7. The van der Waals surface area contributed by atoms with Crippen molar-refractivity contribution < 1.29 is 33.4 Å². The molecule has 5 unspecified atom stereocenters. The molecule has 0 bridgehead atoms. The first-order valence-corrected chi connectivity index (χ1v) is 14.5. The molecule has 1 aromatic rings. The van der Waals surface area contributed by atoms with Crippen molar-refractivity contribution in [1.82, 2.24) is 0 Å². The van der Waals surface area contributed by atoms with Gasteiger partial charge >= 0.3 is 23.9 Å². The highest BCUT2D eigenvalue weighted by Gasteiger charge is 2.60. The fourth-order valence-electron chi connectivity index (χ4n) is 6.64. The Labute approximate surface area is 225 Å². The van der Waals surface area contributed by atoms with E-state index in [9.17, 15) is 24.0 Å². The van der Waals surface area contributed by atoms with Gasteiger partial charge in [0.25, 0.3) is 0 Å². The van der Waals surface area contributed by atoms with Crippen LogP contribution < -0.4 is 0 Å². The lowest BCUT2D eigenvalue weighted by Crippen LogP contribution is -2.43. The van der Waals surface area contributed by atoms with Crippen LogP contribution in [0.2, 0.25) is 0 Å². The third-order valence-corrected chi connectivity index (χ3v) is 8.53. The van der Waals surface area contributed by atoms with E-state index in [2.05, 4.69) is 6.92 Å². The van der Waals surface area contributed by atoms with Crippen LogP contribution in [-0.2, 0) is 33.4 Å². The Morgan fingerprint density at radius 1 is 0.763 bits per heavy atom. The van der Waals surface area contributed by atoms with Gasteiger partial charge < -0.3 is 9.47 Å². The predicted octanol–water partition coefficient (Wildman–Crippen LogP) is 5.85. The number of ether oxygens (including phenoxy) is 2. The van der Waals surface area contributed by atoms with E-state index in [-0.39, 0.29) is 18.6 Å². The molecule has 2 fully saturated rings. The maximum absolute atomic E-state index is 13.7. The van der Waals surface area contributed by atoms with Crippen LogP contribution in [-0.4, -0.2) is 29.7 Å². The molecule has 3 aliphatic rings. The molecular formula is C31H40O7. The summed E-state index contributed by atoms with van der Waals surface area (Å²) in [6.07, 6.45) is 12.9. The van der Waals surface area contributed by atoms with E-state index < -0.39 is 53.5 Å². The predicted molar refractivity (Wildman–Crippen MR) is 140 cm³/mol. The van der Waals surface area contributed by atoms with Crippen molar-refractivity contribution in [3.63, 3.8) is 0 Å². The third-order valence-electron chi connectivity index (χ3n) is 8.53. The number of aryl methyl sites for hydroxylation is 1. The molecule has 206 valence electrons. The lowest BCUT2D eigenvalue weighted by atomic mass is 9.59. The van der Waals surface area contributed by atoms with Gasteiger partial charge in [0.2, 0.25) is 0 Å². The van der Waals surface area contributed by atoms with Gasteiger partial charge in [-0.3, -0.25) is 24.0 Å². The third kappa shape index (κ3) is 6.08. The van der Waals surface area contributed by atoms with Gasteiger partial charge in [0.1, 0.15) is 5.78 Å². The minimum absolute atomic E-state index is 0.139. The molecule has 5 atom stereocenters. The maximum atomic E-state index is 13.7. The Kier molecular flexibility index (Phi) is 9.50. The second kappa shape index (κ2) is 12.8. The highest BCUT2D eigenvalue weighted by atomic mass is 16.6. The van der Waals surface area contributed by atoms with Gasteiger partial charge in [0.05, 0.1) is 24.2 Å². The van der Waals surface area contributed by atoms with Crippen molar-refractivity contribution in [3.05, 3.63) is 34.9 Å². The van der Waals surface area contributed by atoms with Gasteiger partial charge in [-0.15, -0.1) is 0 Å². The Morgan fingerprint density at radius 3 is 2.00 bits per heavy atom. The maximum Gasteiger partial charge on any atom is 0.321 e. The van der Waals surface area contributed by atoms with Crippen LogP contribution in [0.1, 0.15) is 119 Å². The van der Waals surface area contributed by atoms with Crippen molar-refractivity contribution >= 4 is 29.7 Å². The summed E-state index contributed by atoms with van der Waals surface area (Å²) < 4.78 is 9.90. The van der Waals surface area contributed by atoms with E-state index in [0.29, 0.717) is 17.5 Å². The first-order valence-electron chi connectivity index (χ1n) is 14.5. The van der Waals surface area contributed by atoms with Crippen LogP contribution in [0.4, 0.5) is 0 Å². The summed E-state index contributed by atoms with van der Waals surface area (Å²) >= 11 is 0. The molecule has 2 saturated heterocycles. The molecule has 0 saturated carbocycles. The molecule has 0 N–H and O–H groups in total. The Morgan fingerprint density at radius 2 is 1.39 bits per heavy atom. The fourth-order valence-corrected chi connectivity index (χ4v) is 6.64. The lowest BCUT2D eigenvalue weighted by molar-refractivity contribution is -0.157. The summed E-state index contributed by atoms with van der Waals surface area (Å²) in [4.78, 5) is 64.1. The van der Waals surface area contributed by atoms with Gasteiger partial charge in [-0.05, 0) is 24.5 Å². The van der Waals surface area contributed by atoms with E-state index >= 15 is 0 Å². The average molecular weight is 525 g/mol. The minimum atomic E-state index is -0.981. The zero-order chi connectivity index (χ0) is 27.2. The quantitative estimate of drug-likeness (QED) is 0.171. The number of ketones is 1. The molecule has 38 heavy (non-hydrogen) atoms.